The van der Waals surface area contributed by atoms with Crippen LogP contribution in [0.15, 0.2) is 11.6 Å². The summed E-state index contributed by atoms with van der Waals surface area (Å²) >= 11 is 0. The van der Waals surface area contributed by atoms with Crippen LogP contribution < -0.4 is 0 Å². The van der Waals surface area contributed by atoms with E-state index in [1.54, 1.807) is 0 Å². The zero-order valence-corrected chi connectivity index (χ0v) is 20.0. The lowest BCUT2D eigenvalue weighted by Crippen LogP contribution is -2.60. The number of allylic oxidation sites excluding steroid dienone is 1. The summed E-state index contributed by atoms with van der Waals surface area (Å²) in [5.41, 5.74) is 1.42. The van der Waals surface area contributed by atoms with Crippen molar-refractivity contribution >= 4 is 5.78 Å². The molecular formula is C26H40O7. The van der Waals surface area contributed by atoms with Crippen LogP contribution in [0.2, 0.25) is 0 Å². The highest BCUT2D eigenvalue weighted by Crippen LogP contribution is 2.66. The molecule has 4 fully saturated rings. The first-order valence-electron chi connectivity index (χ1n) is 12.8. The molecule has 7 heteroatoms. The third-order valence-electron chi connectivity index (χ3n) is 10.3. The minimum Gasteiger partial charge on any atom is -0.394 e. The molecule has 0 aromatic carbocycles. The Hall–Kier alpha value is -0.830. The van der Waals surface area contributed by atoms with Crippen molar-refractivity contribution in [1.29, 1.82) is 0 Å². The number of aliphatic hydroxyl groups excluding tert-OH is 4. The summed E-state index contributed by atoms with van der Waals surface area (Å²) in [7, 11) is 0. The highest BCUT2D eigenvalue weighted by Gasteiger charge is 2.60. The molecule has 1 aliphatic heterocycles. The van der Waals surface area contributed by atoms with Gasteiger partial charge in [-0.15, -0.1) is 0 Å². The topological polar surface area (TPSA) is 116 Å². The molecule has 5 rings (SSSR count). The lowest BCUT2D eigenvalue weighted by atomic mass is 9.46. The second-order valence-corrected chi connectivity index (χ2v) is 12.0. The first-order chi connectivity index (χ1) is 15.6. The van der Waals surface area contributed by atoms with Crippen LogP contribution in [-0.4, -0.2) is 69.6 Å². The molecule has 1 saturated heterocycles. The van der Waals surface area contributed by atoms with Crippen LogP contribution in [0.3, 0.4) is 0 Å². The molecular weight excluding hydrogens is 424 g/mol. The summed E-state index contributed by atoms with van der Waals surface area (Å²) in [6, 6.07) is 0. The van der Waals surface area contributed by atoms with Gasteiger partial charge in [-0.05, 0) is 79.6 Å². The SMILES string of the molecule is CC1C[C@@]2(C)C(=CC1=O)CC[C@H]1[C@@H]3CC[C@H](OC4O[C@H](CO)[C@@H](O)[C@H](O)[C@H]4O)[C@@]3(C)CC[C@@H]12. The van der Waals surface area contributed by atoms with Crippen LogP contribution in [0, 0.1) is 34.5 Å². The predicted octanol–water partition coefficient (Wildman–Crippen LogP) is 1.95. The van der Waals surface area contributed by atoms with Gasteiger partial charge in [0.15, 0.2) is 12.1 Å². The monoisotopic (exact) mass is 464 g/mol. The summed E-state index contributed by atoms with van der Waals surface area (Å²) in [6.45, 7) is 6.31. The largest absolute Gasteiger partial charge is 0.394 e. The van der Waals surface area contributed by atoms with Crippen LogP contribution in [0.1, 0.15) is 65.7 Å². The smallest absolute Gasteiger partial charge is 0.186 e. The van der Waals surface area contributed by atoms with Crippen molar-refractivity contribution in [1.82, 2.24) is 0 Å². The Bertz CT molecular complexity index is 810. The Balaban J connectivity index is 1.34. The molecule has 0 bridgehead atoms. The van der Waals surface area contributed by atoms with E-state index >= 15 is 0 Å². The molecule has 33 heavy (non-hydrogen) atoms. The van der Waals surface area contributed by atoms with Gasteiger partial charge in [0.05, 0.1) is 12.7 Å². The number of carbonyl (C=O) groups excluding carboxylic acids is 1. The summed E-state index contributed by atoms with van der Waals surface area (Å²) in [5.74, 6) is 2.07. The molecule has 7 nitrogen and oxygen atoms in total. The van der Waals surface area contributed by atoms with Gasteiger partial charge in [-0.25, -0.2) is 0 Å². The van der Waals surface area contributed by atoms with Crippen LogP contribution in [-0.2, 0) is 14.3 Å². The number of aliphatic hydroxyl groups is 4. The fourth-order valence-electron chi connectivity index (χ4n) is 8.41. The fraction of sp³-hybridized carbons (Fsp3) is 0.885. The number of fused-ring (bicyclic) bond motifs is 5. The van der Waals surface area contributed by atoms with Crippen molar-refractivity contribution in [2.45, 2.75) is 103 Å². The molecule has 0 spiro atoms. The third-order valence-corrected chi connectivity index (χ3v) is 10.3. The molecule has 0 radical (unpaired) electrons. The zero-order valence-electron chi connectivity index (χ0n) is 20.0. The van der Waals surface area contributed by atoms with Gasteiger partial charge in [0.25, 0.3) is 0 Å². The Labute approximate surface area is 196 Å². The second kappa shape index (κ2) is 8.38. The molecule has 2 unspecified atom stereocenters. The highest BCUT2D eigenvalue weighted by molar-refractivity contribution is 5.93. The van der Waals surface area contributed by atoms with E-state index in [0.717, 1.165) is 44.9 Å². The Morgan fingerprint density at radius 2 is 1.82 bits per heavy atom. The summed E-state index contributed by atoms with van der Waals surface area (Å²) < 4.78 is 12.0. The van der Waals surface area contributed by atoms with Gasteiger partial charge in [0, 0.05) is 5.92 Å². The van der Waals surface area contributed by atoms with Gasteiger partial charge in [-0.3, -0.25) is 4.79 Å². The van der Waals surface area contributed by atoms with E-state index in [0.29, 0.717) is 17.8 Å². The maximum atomic E-state index is 12.4. The quantitative estimate of drug-likeness (QED) is 0.504. The molecule has 4 aliphatic carbocycles. The molecule has 1 heterocycles. The van der Waals surface area contributed by atoms with Crippen LogP contribution in [0.25, 0.3) is 0 Å². The summed E-state index contributed by atoms with van der Waals surface area (Å²) in [4.78, 5) is 12.4. The number of carbonyl (C=O) groups is 1. The number of hydrogen-bond acceptors (Lipinski definition) is 7. The summed E-state index contributed by atoms with van der Waals surface area (Å²) in [6.07, 6.45) is 2.79. The Morgan fingerprint density at radius 3 is 2.55 bits per heavy atom. The fourth-order valence-corrected chi connectivity index (χ4v) is 8.41. The van der Waals surface area contributed by atoms with Crippen molar-refractivity contribution in [2.75, 3.05) is 6.61 Å². The average molecular weight is 465 g/mol. The number of ketones is 1. The molecule has 0 amide bonds. The van der Waals surface area contributed by atoms with Gasteiger partial charge in [0.1, 0.15) is 24.4 Å². The van der Waals surface area contributed by atoms with E-state index in [-0.39, 0.29) is 28.6 Å². The second-order valence-electron chi connectivity index (χ2n) is 12.0. The lowest BCUT2D eigenvalue weighted by molar-refractivity contribution is -0.319. The van der Waals surface area contributed by atoms with Gasteiger partial charge < -0.3 is 29.9 Å². The predicted molar refractivity (Wildman–Crippen MR) is 120 cm³/mol. The molecule has 12 atom stereocenters. The van der Waals surface area contributed by atoms with E-state index in [9.17, 15) is 25.2 Å². The highest BCUT2D eigenvalue weighted by atomic mass is 16.7. The zero-order chi connectivity index (χ0) is 23.7. The molecule has 4 N–H and O–H groups in total. The van der Waals surface area contributed by atoms with E-state index in [2.05, 4.69) is 20.8 Å². The molecule has 0 aromatic rings. The van der Waals surface area contributed by atoms with Gasteiger partial charge >= 0.3 is 0 Å². The Kier molecular flexibility index (Phi) is 6.07. The van der Waals surface area contributed by atoms with E-state index in [1.165, 1.54) is 5.57 Å². The van der Waals surface area contributed by atoms with Crippen molar-refractivity contribution in [3.63, 3.8) is 0 Å². The maximum absolute atomic E-state index is 12.4. The first kappa shape index (κ1) is 23.9. The minimum absolute atomic E-state index is 0.0480. The van der Waals surface area contributed by atoms with Crippen molar-refractivity contribution < 1.29 is 34.7 Å². The van der Waals surface area contributed by atoms with E-state index in [1.807, 2.05) is 6.08 Å². The standard InChI is InChI=1S/C26H40O7/c1-13-11-26(3)14(10-18(13)28)4-5-15-16-6-7-20(25(16,2)9-8-17(15)26)33-24-23(31)22(30)21(29)19(12-27)32-24/h10,13,15-17,19-24,27,29-31H,4-9,11-12H2,1-3H3/t13?,15-,16-,17-,19+,20-,21+,22-,23+,24?,25-,26-/m0/s1. The number of rotatable bonds is 3. The Morgan fingerprint density at radius 1 is 1.06 bits per heavy atom. The van der Waals surface area contributed by atoms with Gasteiger partial charge in [-0.2, -0.15) is 0 Å². The van der Waals surface area contributed by atoms with Crippen LogP contribution in [0.5, 0.6) is 0 Å². The molecule has 0 aromatic heterocycles. The van der Waals surface area contributed by atoms with Crippen molar-refractivity contribution in [3.8, 4) is 0 Å². The first-order valence-corrected chi connectivity index (χ1v) is 12.8. The van der Waals surface area contributed by atoms with Crippen LogP contribution >= 0.6 is 0 Å². The number of hydrogen-bond donors (Lipinski definition) is 4. The van der Waals surface area contributed by atoms with Gasteiger partial charge in [-0.1, -0.05) is 26.3 Å². The van der Waals surface area contributed by atoms with Crippen molar-refractivity contribution in [2.24, 2.45) is 34.5 Å². The average Bonchev–Trinajstić information content (AvgIpc) is 3.11. The summed E-state index contributed by atoms with van der Waals surface area (Å²) in [5, 5.41) is 40.2. The molecule has 3 saturated carbocycles. The van der Waals surface area contributed by atoms with E-state index in [4.69, 9.17) is 9.47 Å². The molecule has 186 valence electrons. The lowest BCUT2D eigenvalue weighted by Gasteiger charge is -2.58. The number of ether oxygens (including phenoxy) is 2. The van der Waals surface area contributed by atoms with E-state index < -0.39 is 37.3 Å². The molecule has 5 aliphatic rings. The maximum Gasteiger partial charge on any atom is 0.186 e. The normalized spacial score (nSPS) is 54.3. The minimum atomic E-state index is -1.42. The van der Waals surface area contributed by atoms with Gasteiger partial charge in [0.2, 0.25) is 0 Å². The van der Waals surface area contributed by atoms with Crippen LogP contribution in [0.4, 0.5) is 0 Å². The third kappa shape index (κ3) is 3.57. The van der Waals surface area contributed by atoms with Crippen molar-refractivity contribution in [3.05, 3.63) is 11.6 Å².